The fourth-order valence-corrected chi connectivity index (χ4v) is 7.26. The Morgan fingerprint density at radius 3 is 1.36 bits per heavy atom. The maximum Gasteiger partial charge on any atom is 0.242 e. The Morgan fingerprint density at radius 2 is 0.925 bits per heavy atom. The lowest BCUT2D eigenvalue weighted by Gasteiger charge is -2.28. The molecule has 0 aromatic carbocycles. The van der Waals surface area contributed by atoms with Crippen molar-refractivity contribution in [3.8, 4) is 0 Å². The number of carbonyl (C=O) groups excluding carboxylic acids is 12. The van der Waals surface area contributed by atoms with Gasteiger partial charge in [-0.3, -0.25) is 57.6 Å². The number of carbonyl (C=O) groups is 12. The number of ketones is 2. The van der Waals surface area contributed by atoms with Crippen LogP contribution in [0, 0.1) is 11.8 Å². The molecule has 0 aromatic heterocycles. The molecule has 3 atom stereocenters. The second-order valence-electron chi connectivity index (χ2n) is 21.8. The number of nitrogens with zero attached hydrogens (tertiary/aromatic N) is 2. The van der Waals surface area contributed by atoms with Gasteiger partial charge < -0.3 is 67.0 Å². The van der Waals surface area contributed by atoms with E-state index < -0.39 is 18.0 Å². The molecule has 10 amide bonds. The van der Waals surface area contributed by atoms with E-state index in [9.17, 15) is 57.5 Å². The highest BCUT2D eigenvalue weighted by atomic mass is 16.5. The van der Waals surface area contributed by atoms with Gasteiger partial charge >= 0.3 is 0 Å². The lowest BCUT2D eigenvalue weighted by atomic mass is 9.95. The summed E-state index contributed by atoms with van der Waals surface area (Å²) in [6.45, 7) is 20.9. The van der Waals surface area contributed by atoms with E-state index in [1.807, 2.05) is 41.5 Å². The van der Waals surface area contributed by atoms with Crippen molar-refractivity contribution in [3.63, 3.8) is 0 Å². The molecule has 9 N–H and O–H groups in total. The number of likely N-dealkylation sites (N-methyl/N-ethyl adjacent to an activating group) is 4. The van der Waals surface area contributed by atoms with E-state index in [1.54, 1.807) is 0 Å². The molecule has 25 nitrogen and oxygen atoms in total. The van der Waals surface area contributed by atoms with Crippen LogP contribution in [-0.4, -0.2) is 198 Å². The predicted molar refractivity (Wildman–Crippen MR) is 305 cm³/mol. The standard InChI is InChI=1S/C19H37N5O6.C17H31N3O4.C15H25N3O4.C4H10/c1-19(2,3)23-15(25)6-8-29-10-11-30-9-7-22-18(28)14-24(12-16(26)20-4)13-17(27)21-5;1-17(2,3)20-14(22)9-7-6-8-13(21)10-12(16(24)19-5)11-15(23)18-4;1-10(19)6-4-5-7-13(20)18-11(14(21)16-2)8-9-12(18)15(22)17-3;1-4(2)3/h6-14H2,1-5H3,(H,20,26)(H,21,27)(H,22,28)(H,23,25);12H,6-11H2,1-5H3,(H,18,23)(H,19,24)(H,20,22);11-12H,4-9H2,1-3H3,(H,16,21)(H,17,22);4H,1-3H3/t;12-;11-,12?;/m.00./s1. The Bertz CT molecular complexity index is 1880. The van der Waals surface area contributed by atoms with Crippen molar-refractivity contribution in [1.29, 1.82) is 0 Å². The molecule has 0 saturated carbocycles. The smallest absolute Gasteiger partial charge is 0.242 e. The van der Waals surface area contributed by atoms with E-state index in [1.165, 1.54) is 59.0 Å². The van der Waals surface area contributed by atoms with Gasteiger partial charge in [0.1, 0.15) is 23.7 Å². The van der Waals surface area contributed by atoms with Crippen molar-refractivity contribution >= 4 is 70.6 Å². The fraction of sp³-hybridized carbons (Fsp3) is 0.782. The zero-order valence-corrected chi connectivity index (χ0v) is 51.3. The summed E-state index contributed by atoms with van der Waals surface area (Å²) in [5.74, 6) is -2.03. The quantitative estimate of drug-likeness (QED) is 0.0421. The first-order chi connectivity index (χ1) is 37.3. The number of Topliss-reactive ketones (excluding diaryl/α,β-unsaturated/α-hetero) is 2. The van der Waals surface area contributed by atoms with Crippen LogP contribution in [0.2, 0.25) is 0 Å². The zero-order chi connectivity index (χ0) is 62.0. The van der Waals surface area contributed by atoms with Crippen LogP contribution in [0.4, 0.5) is 0 Å². The van der Waals surface area contributed by atoms with Gasteiger partial charge in [-0.15, -0.1) is 0 Å². The Labute approximate surface area is 476 Å². The van der Waals surface area contributed by atoms with Gasteiger partial charge in [0.05, 0.1) is 52.0 Å². The molecular formula is C55H103N11O14. The maximum absolute atomic E-state index is 12.4. The van der Waals surface area contributed by atoms with Crippen LogP contribution in [0.3, 0.4) is 0 Å². The minimum absolute atomic E-state index is 0.00407. The molecule has 462 valence electrons. The molecule has 1 aliphatic rings. The Balaban J connectivity index is -0.00000109. The highest BCUT2D eigenvalue weighted by molar-refractivity contribution is 5.94. The third-order valence-corrected chi connectivity index (χ3v) is 11.0. The lowest BCUT2D eigenvalue weighted by molar-refractivity contribution is -0.144. The van der Waals surface area contributed by atoms with Crippen molar-refractivity contribution in [2.45, 2.75) is 176 Å². The fourth-order valence-electron chi connectivity index (χ4n) is 7.26. The summed E-state index contributed by atoms with van der Waals surface area (Å²) in [6.07, 6.45) is 5.11. The zero-order valence-electron chi connectivity index (χ0n) is 51.3. The maximum atomic E-state index is 12.4. The molecule has 1 heterocycles. The third-order valence-electron chi connectivity index (χ3n) is 11.0. The molecule has 1 aliphatic heterocycles. The van der Waals surface area contributed by atoms with Crippen LogP contribution >= 0.6 is 0 Å². The molecule has 25 heteroatoms. The van der Waals surface area contributed by atoms with E-state index in [-0.39, 0.29) is 127 Å². The Kier molecular flexibility index (Phi) is 43.6. The SMILES string of the molecule is CC(C)C.CNC(=O)C1CC[C@@H](C(=O)NC)N1C(=O)CCCCC(C)=O.CNC(=O)CN(CC(=O)NC)CC(=O)NCCOCCOCCC(=O)NC(C)(C)C.CNC(=O)C[C@H](CC(=O)CCCCC(=O)NC(C)(C)C)C(=O)NC. The minimum atomic E-state index is -0.647. The Morgan fingerprint density at radius 1 is 0.500 bits per heavy atom. The second kappa shape index (κ2) is 44.6. The highest BCUT2D eigenvalue weighted by Crippen LogP contribution is 2.26. The minimum Gasteiger partial charge on any atom is -0.379 e. The van der Waals surface area contributed by atoms with Crippen LogP contribution < -0.4 is 47.9 Å². The summed E-state index contributed by atoms with van der Waals surface area (Å²) >= 11 is 0. The third kappa shape index (κ3) is 43.8. The molecule has 1 rings (SSSR count). The van der Waals surface area contributed by atoms with Gasteiger partial charge in [0.2, 0.25) is 59.1 Å². The first kappa shape index (κ1) is 78.1. The van der Waals surface area contributed by atoms with Crippen molar-refractivity contribution in [3.05, 3.63) is 0 Å². The van der Waals surface area contributed by atoms with Crippen molar-refractivity contribution < 1.29 is 67.0 Å². The van der Waals surface area contributed by atoms with Gasteiger partial charge in [-0.05, 0) is 92.9 Å². The van der Waals surface area contributed by atoms with E-state index in [0.29, 0.717) is 90.8 Å². The number of rotatable bonds is 32. The summed E-state index contributed by atoms with van der Waals surface area (Å²) in [5.41, 5.74) is -0.514. The largest absolute Gasteiger partial charge is 0.379 e. The van der Waals surface area contributed by atoms with E-state index >= 15 is 0 Å². The Hall–Kier alpha value is -6.08. The number of ether oxygens (including phenoxy) is 2. The highest BCUT2D eigenvalue weighted by Gasteiger charge is 2.43. The van der Waals surface area contributed by atoms with Crippen molar-refractivity contribution in [2.24, 2.45) is 11.8 Å². The molecule has 0 radical (unpaired) electrons. The van der Waals surface area contributed by atoms with Crippen LogP contribution in [-0.2, 0) is 67.0 Å². The summed E-state index contributed by atoms with van der Waals surface area (Å²) < 4.78 is 10.7. The molecule has 80 heavy (non-hydrogen) atoms. The van der Waals surface area contributed by atoms with Crippen LogP contribution in [0.15, 0.2) is 0 Å². The topological polar surface area (TPSA) is 338 Å². The summed E-state index contributed by atoms with van der Waals surface area (Å²) in [4.78, 5) is 144. The van der Waals surface area contributed by atoms with Gasteiger partial charge in [-0.25, -0.2) is 0 Å². The molecule has 0 bridgehead atoms. The monoisotopic (exact) mass is 1140 g/mol. The number of amides is 10. The van der Waals surface area contributed by atoms with Crippen LogP contribution in [0.5, 0.6) is 0 Å². The number of hydrogen-bond donors (Lipinski definition) is 9. The normalized spacial score (nSPS) is 13.9. The number of hydrogen-bond acceptors (Lipinski definition) is 15. The average Bonchev–Trinajstić information content (AvgIpc) is 3.82. The van der Waals surface area contributed by atoms with Crippen molar-refractivity contribution in [2.75, 3.05) is 94.9 Å². The van der Waals surface area contributed by atoms with Gasteiger partial charge in [0, 0.05) is 105 Å². The summed E-state index contributed by atoms with van der Waals surface area (Å²) in [7, 11) is 8.99. The lowest BCUT2D eigenvalue weighted by Crippen LogP contribution is -2.52. The molecular weight excluding hydrogens is 1040 g/mol. The van der Waals surface area contributed by atoms with Gasteiger partial charge in [0.15, 0.2) is 0 Å². The van der Waals surface area contributed by atoms with E-state index in [0.717, 1.165) is 5.92 Å². The first-order valence-corrected chi connectivity index (χ1v) is 27.7. The average molecular weight is 1140 g/mol. The summed E-state index contributed by atoms with van der Waals surface area (Å²) in [6, 6.07) is -1.18. The van der Waals surface area contributed by atoms with Crippen molar-refractivity contribution in [1.82, 2.24) is 57.7 Å². The van der Waals surface area contributed by atoms with Gasteiger partial charge in [-0.1, -0.05) is 20.8 Å². The number of likely N-dealkylation sites (tertiary alicyclic amines) is 1. The molecule has 1 saturated heterocycles. The molecule has 1 unspecified atom stereocenters. The molecule has 0 spiro atoms. The van der Waals surface area contributed by atoms with Gasteiger partial charge in [0.25, 0.3) is 0 Å². The van der Waals surface area contributed by atoms with E-state index in [2.05, 4.69) is 68.6 Å². The summed E-state index contributed by atoms with van der Waals surface area (Å²) in [5, 5.41) is 23.3. The predicted octanol–water partition coefficient (Wildman–Crippen LogP) is 0.803. The molecule has 0 aromatic rings. The van der Waals surface area contributed by atoms with E-state index in [4.69, 9.17) is 9.47 Å². The van der Waals surface area contributed by atoms with Crippen LogP contribution in [0.1, 0.15) is 153 Å². The number of unbranched alkanes of at least 4 members (excludes halogenated alkanes) is 2. The van der Waals surface area contributed by atoms with Gasteiger partial charge in [-0.2, -0.15) is 0 Å². The molecule has 0 aliphatic carbocycles. The first-order valence-electron chi connectivity index (χ1n) is 27.7. The second-order valence-corrected chi connectivity index (χ2v) is 21.8. The van der Waals surface area contributed by atoms with Crippen LogP contribution in [0.25, 0.3) is 0 Å². The number of nitrogens with one attached hydrogen (secondary N) is 9. The molecule has 1 fully saturated rings.